The maximum Gasteiger partial charge on any atom is 0.199 e. The van der Waals surface area contributed by atoms with Crippen LogP contribution in [0.1, 0.15) is 56.1 Å². The van der Waals surface area contributed by atoms with Gasteiger partial charge in [0.05, 0.1) is 12.7 Å². The maximum atomic E-state index is 11.5. The van der Waals surface area contributed by atoms with E-state index in [0.29, 0.717) is 11.3 Å². The van der Waals surface area contributed by atoms with Gasteiger partial charge in [-0.05, 0) is 67.9 Å². The van der Waals surface area contributed by atoms with E-state index in [0.717, 1.165) is 74.9 Å². The molecular weight excluding hydrogens is 380 g/mol. The number of hydrogen-bond acceptors (Lipinski definition) is 5. The molecule has 158 valence electrons. The van der Waals surface area contributed by atoms with E-state index in [9.17, 15) is 5.11 Å². The second-order valence-corrected chi connectivity index (χ2v) is 8.38. The van der Waals surface area contributed by atoms with E-state index < -0.39 is 5.60 Å². The van der Waals surface area contributed by atoms with E-state index >= 15 is 0 Å². The molecule has 1 aromatic carbocycles. The average molecular weight is 408 g/mol. The average Bonchev–Trinajstić information content (AvgIpc) is 3.03. The van der Waals surface area contributed by atoms with Crippen LogP contribution in [0.3, 0.4) is 0 Å². The molecule has 0 saturated carbocycles. The smallest absolute Gasteiger partial charge is 0.199 e. The van der Waals surface area contributed by atoms with Gasteiger partial charge in [0, 0.05) is 24.2 Å². The Labute approximate surface area is 177 Å². The van der Waals surface area contributed by atoms with Crippen molar-refractivity contribution in [1.82, 2.24) is 0 Å². The van der Waals surface area contributed by atoms with Crippen molar-refractivity contribution < 1.29 is 24.1 Å². The van der Waals surface area contributed by atoms with Gasteiger partial charge in [-0.25, -0.2) is 0 Å². The molecule has 1 N–H and O–H groups in total. The van der Waals surface area contributed by atoms with Crippen LogP contribution in [0.15, 0.2) is 35.9 Å². The van der Waals surface area contributed by atoms with Crippen molar-refractivity contribution in [3.8, 4) is 18.1 Å². The molecule has 0 aromatic heterocycles. The zero-order chi connectivity index (χ0) is 20.6. The van der Waals surface area contributed by atoms with Crippen LogP contribution in [0, 0.1) is 12.3 Å². The summed E-state index contributed by atoms with van der Waals surface area (Å²) in [5.41, 5.74) is 1.84. The molecule has 4 unspecified atom stereocenters. The number of rotatable bonds is 4. The predicted molar refractivity (Wildman–Crippen MR) is 113 cm³/mol. The fraction of sp³-hybridized carbons (Fsp3) is 0.520. The Bertz CT molecular complexity index is 899. The lowest BCUT2D eigenvalue weighted by Gasteiger charge is -2.29. The minimum absolute atomic E-state index is 0.160. The maximum absolute atomic E-state index is 11.5. The Kier molecular flexibility index (Phi) is 5.43. The van der Waals surface area contributed by atoms with Crippen molar-refractivity contribution >= 4 is 5.57 Å². The first-order valence-corrected chi connectivity index (χ1v) is 11.0. The van der Waals surface area contributed by atoms with Crippen molar-refractivity contribution in [2.45, 2.75) is 69.2 Å². The molecule has 0 spiro atoms. The number of terminal acetylenes is 1. The summed E-state index contributed by atoms with van der Waals surface area (Å²) in [6.45, 7) is 1.46. The Morgan fingerprint density at radius 3 is 2.53 bits per heavy atom. The van der Waals surface area contributed by atoms with E-state index in [1.807, 2.05) is 24.3 Å². The lowest BCUT2D eigenvalue weighted by atomic mass is 9.88. The van der Waals surface area contributed by atoms with Gasteiger partial charge in [-0.1, -0.05) is 18.1 Å². The van der Waals surface area contributed by atoms with E-state index in [4.69, 9.17) is 25.4 Å². The van der Waals surface area contributed by atoms with Gasteiger partial charge in [-0.2, -0.15) is 0 Å². The van der Waals surface area contributed by atoms with Crippen LogP contribution in [0.25, 0.3) is 5.57 Å². The topological polar surface area (TPSA) is 57.2 Å². The molecule has 2 aliphatic carbocycles. The van der Waals surface area contributed by atoms with Crippen LogP contribution in [-0.4, -0.2) is 37.0 Å². The second-order valence-electron chi connectivity index (χ2n) is 8.38. The van der Waals surface area contributed by atoms with Gasteiger partial charge in [0.2, 0.25) is 0 Å². The van der Waals surface area contributed by atoms with Gasteiger partial charge >= 0.3 is 0 Å². The van der Waals surface area contributed by atoms with Crippen LogP contribution < -0.4 is 4.74 Å². The molecule has 2 saturated heterocycles. The first kappa shape index (κ1) is 19.8. The van der Waals surface area contributed by atoms with Crippen LogP contribution in [0.5, 0.6) is 5.75 Å². The second kappa shape index (κ2) is 8.20. The van der Waals surface area contributed by atoms with E-state index in [1.165, 1.54) is 0 Å². The highest BCUT2D eigenvalue weighted by Crippen LogP contribution is 2.51. The van der Waals surface area contributed by atoms with Crippen molar-refractivity contribution in [2.24, 2.45) is 0 Å². The Hall–Kier alpha value is -2.10. The molecule has 4 aliphatic rings. The molecule has 5 nitrogen and oxygen atoms in total. The lowest BCUT2D eigenvalue weighted by Crippen LogP contribution is -2.30. The Morgan fingerprint density at radius 2 is 1.83 bits per heavy atom. The van der Waals surface area contributed by atoms with Gasteiger partial charge in [0.1, 0.15) is 5.75 Å². The van der Waals surface area contributed by atoms with Crippen molar-refractivity contribution in [1.29, 1.82) is 0 Å². The van der Waals surface area contributed by atoms with Crippen LogP contribution >= 0.6 is 0 Å². The molecule has 5 rings (SSSR count). The molecule has 4 atom stereocenters. The highest BCUT2D eigenvalue weighted by molar-refractivity contribution is 5.91. The van der Waals surface area contributed by atoms with Gasteiger partial charge in [0.15, 0.2) is 18.2 Å². The molecule has 2 heterocycles. The summed E-state index contributed by atoms with van der Waals surface area (Å²) in [6.07, 6.45) is 16.2. The van der Waals surface area contributed by atoms with Crippen LogP contribution in [-0.2, 0) is 19.8 Å². The third kappa shape index (κ3) is 3.59. The van der Waals surface area contributed by atoms with Crippen LogP contribution in [0.4, 0.5) is 0 Å². The zero-order valence-corrected chi connectivity index (χ0v) is 17.1. The lowest BCUT2D eigenvalue weighted by molar-refractivity contribution is -0.178. The standard InChI is InChI=1S/C25H28O5/c1-2-25(26)21-15-17(29-23-7-3-5-13-27-23)9-11-19(21)20-12-10-18(16-22(20)25)30-24-8-4-6-14-28-24/h1,9,11-12,15-16,18,23-24,26H,3-8,10,13-14H2. The number of fused-ring (bicyclic) bond motifs is 3. The Morgan fingerprint density at radius 1 is 1.07 bits per heavy atom. The summed E-state index contributed by atoms with van der Waals surface area (Å²) in [5.74, 6) is 3.29. The molecule has 1 aromatic rings. The first-order valence-electron chi connectivity index (χ1n) is 11.0. The summed E-state index contributed by atoms with van der Waals surface area (Å²) >= 11 is 0. The summed E-state index contributed by atoms with van der Waals surface area (Å²) in [6, 6.07) is 5.76. The van der Waals surface area contributed by atoms with E-state index in [-0.39, 0.29) is 18.7 Å². The van der Waals surface area contributed by atoms with Crippen LogP contribution in [0.2, 0.25) is 0 Å². The SMILES string of the molecule is C#CC1(O)C2=CC(OC3CCCCO3)CC=C2c2ccc(OC3CCCCO3)cc21. The van der Waals surface area contributed by atoms with Gasteiger partial charge in [0.25, 0.3) is 0 Å². The summed E-state index contributed by atoms with van der Waals surface area (Å²) < 4.78 is 23.5. The summed E-state index contributed by atoms with van der Waals surface area (Å²) in [5, 5.41) is 11.5. The zero-order valence-electron chi connectivity index (χ0n) is 17.1. The quantitative estimate of drug-likeness (QED) is 0.762. The molecule has 0 amide bonds. The van der Waals surface area contributed by atoms with Gasteiger partial charge in [-0.15, -0.1) is 6.42 Å². The number of hydrogen-bond donors (Lipinski definition) is 1. The molecule has 2 fully saturated rings. The van der Waals surface area contributed by atoms with Crippen molar-refractivity contribution in [3.05, 3.63) is 47.1 Å². The van der Waals surface area contributed by atoms with Crippen molar-refractivity contribution in [2.75, 3.05) is 13.2 Å². The van der Waals surface area contributed by atoms with Gasteiger partial charge in [-0.3, -0.25) is 0 Å². The third-order valence-corrected chi connectivity index (χ3v) is 6.34. The minimum Gasteiger partial charge on any atom is -0.465 e. The predicted octanol–water partition coefficient (Wildman–Crippen LogP) is 4.05. The summed E-state index contributed by atoms with van der Waals surface area (Å²) in [7, 11) is 0. The Balaban J connectivity index is 1.40. The molecule has 5 heteroatoms. The number of aliphatic hydroxyl groups is 1. The van der Waals surface area contributed by atoms with E-state index in [2.05, 4.69) is 12.0 Å². The highest BCUT2D eigenvalue weighted by atomic mass is 16.7. The molecule has 2 aliphatic heterocycles. The van der Waals surface area contributed by atoms with Gasteiger partial charge < -0.3 is 24.1 Å². The molecule has 30 heavy (non-hydrogen) atoms. The largest absolute Gasteiger partial charge is 0.465 e. The van der Waals surface area contributed by atoms with E-state index in [1.54, 1.807) is 0 Å². The molecular formula is C25H28O5. The number of ether oxygens (including phenoxy) is 4. The summed E-state index contributed by atoms with van der Waals surface area (Å²) in [4.78, 5) is 0. The van der Waals surface area contributed by atoms with Crippen molar-refractivity contribution in [3.63, 3.8) is 0 Å². The molecule has 0 radical (unpaired) electrons. The normalized spacial score (nSPS) is 33.0. The third-order valence-electron chi connectivity index (χ3n) is 6.34. The minimum atomic E-state index is -1.50. The molecule has 0 bridgehead atoms. The fourth-order valence-corrected chi connectivity index (χ4v) is 4.75. The number of benzene rings is 1. The fourth-order valence-electron chi connectivity index (χ4n) is 4.75. The highest BCUT2D eigenvalue weighted by Gasteiger charge is 2.45. The first-order chi connectivity index (χ1) is 14.7. The monoisotopic (exact) mass is 408 g/mol.